The van der Waals surface area contributed by atoms with Crippen molar-refractivity contribution in [2.75, 3.05) is 13.7 Å². The van der Waals surface area contributed by atoms with Crippen LogP contribution in [0.2, 0.25) is 0 Å². The van der Waals surface area contributed by atoms with Crippen LogP contribution in [0.1, 0.15) is 32.6 Å². The molecule has 4 aromatic rings. The molecule has 0 saturated carbocycles. The molecule has 0 N–H and O–H groups in total. The lowest BCUT2D eigenvalue weighted by atomic mass is 10.2. The Morgan fingerprint density at radius 1 is 1.03 bits per heavy atom. The number of ether oxygens (including phenoxy) is 2. The van der Waals surface area contributed by atoms with E-state index >= 15 is 0 Å². The van der Waals surface area contributed by atoms with Crippen LogP contribution < -0.4 is 20.7 Å². The predicted molar refractivity (Wildman–Crippen MR) is 124 cm³/mol. The van der Waals surface area contributed by atoms with E-state index in [2.05, 4.69) is 10.1 Å². The van der Waals surface area contributed by atoms with Gasteiger partial charge in [0.2, 0.25) is 11.7 Å². The smallest absolute Gasteiger partial charge is 0.331 e. The fourth-order valence-corrected chi connectivity index (χ4v) is 3.69. The molecule has 0 amide bonds. The summed E-state index contributed by atoms with van der Waals surface area (Å²) in [6.45, 7) is 4.84. The van der Waals surface area contributed by atoms with Gasteiger partial charge in [0.05, 0.1) is 24.6 Å². The van der Waals surface area contributed by atoms with Gasteiger partial charge in [0, 0.05) is 12.1 Å². The molecule has 0 atom stereocenters. The molecule has 2 aromatic heterocycles. The normalized spacial score (nSPS) is 11.1. The number of para-hydroxylation sites is 1. The summed E-state index contributed by atoms with van der Waals surface area (Å²) in [6, 6.07) is 12.4. The Morgan fingerprint density at radius 2 is 1.85 bits per heavy atom. The predicted octanol–water partition coefficient (Wildman–Crippen LogP) is 3.47. The van der Waals surface area contributed by atoms with Crippen molar-refractivity contribution in [1.29, 1.82) is 0 Å². The highest BCUT2D eigenvalue weighted by Crippen LogP contribution is 2.31. The Labute approximate surface area is 190 Å². The van der Waals surface area contributed by atoms with Gasteiger partial charge in [-0.15, -0.1) is 0 Å². The summed E-state index contributed by atoms with van der Waals surface area (Å²) >= 11 is 0. The molecule has 9 nitrogen and oxygen atoms in total. The average molecular weight is 450 g/mol. The fraction of sp³-hybridized carbons (Fsp3) is 0.333. The highest BCUT2D eigenvalue weighted by molar-refractivity contribution is 5.77. The van der Waals surface area contributed by atoms with Crippen LogP contribution in [0, 0.1) is 0 Å². The van der Waals surface area contributed by atoms with E-state index in [4.69, 9.17) is 14.0 Å². The third kappa shape index (κ3) is 4.39. The number of benzene rings is 2. The van der Waals surface area contributed by atoms with Crippen LogP contribution in [0.25, 0.3) is 22.3 Å². The standard InChI is InChI=1S/C24H26N4O5/c1-4-6-13-27-23(29)17-9-7-8-10-18(17)28(24(27)30)15-21-25-22(26-33-21)16-11-12-19(32-5-2)20(14-16)31-3/h7-12,14H,4-6,13,15H2,1-3H3. The van der Waals surface area contributed by atoms with E-state index in [0.717, 1.165) is 12.8 Å². The molecule has 2 aromatic carbocycles. The Balaban J connectivity index is 1.72. The summed E-state index contributed by atoms with van der Waals surface area (Å²) in [7, 11) is 1.56. The van der Waals surface area contributed by atoms with Crippen molar-refractivity contribution in [3.8, 4) is 22.9 Å². The van der Waals surface area contributed by atoms with E-state index in [1.807, 2.05) is 19.9 Å². The van der Waals surface area contributed by atoms with Gasteiger partial charge in [0.1, 0.15) is 6.54 Å². The van der Waals surface area contributed by atoms with Crippen LogP contribution >= 0.6 is 0 Å². The lowest BCUT2D eigenvalue weighted by Crippen LogP contribution is -2.40. The molecule has 0 bridgehead atoms. The van der Waals surface area contributed by atoms with Gasteiger partial charge in [-0.25, -0.2) is 4.79 Å². The first-order chi connectivity index (χ1) is 16.1. The third-order valence-electron chi connectivity index (χ3n) is 5.35. The van der Waals surface area contributed by atoms with Crippen molar-refractivity contribution < 1.29 is 14.0 Å². The second kappa shape index (κ2) is 9.72. The average Bonchev–Trinajstić information content (AvgIpc) is 3.31. The lowest BCUT2D eigenvalue weighted by molar-refractivity contribution is 0.311. The van der Waals surface area contributed by atoms with E-state index in [9.17, 15) is 9.59 Å². The van der Waals surface area contributed by atoms with Crippen molar-refractivity contribution in [3.63, 3.8) is 0 Å². The van der Waals surface area contributed by atoms with Crippen LogP contribution in [0.5, 0.6) is 11.5 Å². The number of rotatable bonds is 9. The van der Waals surface area contributed by atoms with Crippen molar-refractivity contribution in [3.05, 3.63) is 69.2 Å². The molecular formula is C24H26N4O5. The number of aromatic nitrogens is 4. The Kier molecular flexibility index (Phi) is 6.58. The molecule has 0 radical (unpaired) electrons. The molecule has 0 aliphatic heterocycles. The highest BCUT2D eigenvalue weighted by Gasteiger charge is 2.17. The first-order valence-electron chi connectivity index (χ1n) is 10.9. The first kappa shape index (κ1) is 22.3. The van der Waals surface area contributed by atoms with E-state index in [1.54, 1.807) is 43.5 Å². The number of fused-ring (bicyclic) bond motifs is 1. The zero-order valence-electron chi connectivity index (χ0n) is 18.9. The summed E-state index contributed by atoms with van der Waals surface area (Å²) in [5, 5.41) is 4.54. The summed E-state index contributed by atoms with van der Waals surface area (Å²) in [5.74, 6) is 1.81. The molecule has 9 heteroatoms. The molecule has 172 valence electrons. The summed E-state index contributed by atoms with van der Waals surface area (Å²) < 4.78 is 19.2. The van der Waals surface area contributed by atoms with E-state index < -0.39 is 5.69 Å². The first-order valence-corrected chi connectivity index (χ1v) is 10.9. The second-order valence-corrected chi connectivity index (χ2v) is 7.51. The monoisotopic (exact) mass is 450 g/mol. The minimum absolute atomic E-state index is 0.0485. The fourth-order valence-electron chi connectivity index (χ4n) is 3.69. The van der Waals surface area contributed by atoms with Gasteiger partial charge in [-0.3, -0.25) is 13.9 Å². The Morgan fingerprint density at radius 3 is 2.61 bits per heavy atom. The second-order valence-electron chi connectivity index (χ2n) is 7.51. The van der Waals surface area contributed by atoms with Gasteiger partial charge >= 0.3 is 5.69 Å². The molecule has 2 heterocycles. The van der Waals surface area contributed by atoms with E-state index in [1.165, 1.54) is 9.13 Å². The largest absolute Gasteiger partial charge is 0.493 e. The molecule has 0 unspecified atom stereocenters. The topological polar surface area (TPSA) is 101 Å². The van der Waals surface area contributed by atoms with E-state index in [0.29, 0.717) is 46.9 Å². The maximum Gasteiger partial charge on any atom is 0.331 e. The van der Waals surface area contributed by atoms with Crippen LogP contribution in [0.4, 0.5) is 0 Å². The lowest BCUT2D eigenvalue weighted by Gasteiger charge is -2.12. The molecule has 0 aliphatic rings. The zero-order valence-corrected chi connectivity index (χ0v) is 18.9. The van der Waals surface area contributed by atoms with Crippen molar-refractivity contribution >= 4 is 10.9 Å². The molecule has 0 aliphatic carbocycles. The Hall–Kier alpha value is -3.88. The molecule has 33 heavy (non-hydrogen) atoms. The van der Waals surface area contributed by atoms with Crippen molar-refractivity contribution in [2.45, 2.75) is 39.8 Å². The van der Waals surface area contributed by atoms with Crippen LogP contribution in [-0.4, -0.2) is 33.0 Å². The molecule has 0 saturated heterocycles. The van der Waals surface area contributed by atoms with Gasteiger partial charge < -0.3 is 14.0 Å². The maximum atomic E-state index is 13.2. The van der Waals surface area contributed by atoms with Crippen molar-refractivity contribution in [1.82, 2.24) is 19.3 Å². The van der Waals surface area contributed by atoms with Gasteiger partial charge in [0.15, 0.2) is 11.5 Å². The summed E-state index contributed by atoms with van der Waals surface area (Å²) in [4.78, 5) is 30.5. The van der Waals surface area contributed by atoms with Gasteiger partial charge in [-0.05, 0) is 43.7 Å². The number of hydrogen-bond acceptors (Lipinski definition) is 7. The molecule has 0 fully saturated rings. The summed E-state index contributed by atoms with van der Waals surface area (Å²) in [5.41, 5.74) is 0.542. The van der Waals surface area contributed by atoms with Gasteiger partial charge in [0.25, 0.3) is 5.56 Å². The van der Waals surface area contributed by atoms with Gasteiger partial charge in [-0.1, -0.05) is 30.6 Å². The number of methoxy groups -OCH3 is 1. The summed E-state index contributed by atoms with van der Waals surface area (Å²) in [6.07, 6.45) is 1.61. The minimum atomic E-state index is -0.394. The Bertz CT molecular complexity index is 1390. The number of hydrogen-bond donors (Lipinski definition) is 0. The number of unbranched alkanes of at least 4 members (excludes halogenated alkanes) is 1. The zero-order chi connectivity index (χ0) is 23.4. The van der Waals surface area contributed by atoms with E-state index in [-0.39, 0.29) is 18.0 Å². The quantitative estimate of drug-likeness (QED) is 0.385. The maximum absolute atomic E-state index is 13.2. The molecule has 0 spiro atoms. The SMILES string of the molecule is CCCCn1c(=O)c2ccccc2n(Cc2nc(-c3ccc(OCC)c(OC)c3)no2)c1=O. The van der Waals surface area contributed by atoms with Crippen LogP contribution in [-0.2, 0) is 13.1 Å². The van der Waals surface area contributed by atoms with Crippen molar-refractivity contribution in [2.24, 2.45) is 0 Å². The van der Waals surface area contributed by atoms with Crippen LogP contribution in [0.3, 0.4) is 0 Å². The van der Waals surface area contributed by atoms with Gasteiger partial charge in [-0.2, -0.15) is 4.98 Å². The molecular weight excluding hydrogens is 424 g/mol. The minimum Gasteiger partial charge on any atom is -0.493 e. The number of nitrogens with zero attached hydrogens (tertiary/aromatic N) is 4. The van der Waals surface area contributed by atoms with Crippen LogP contribution in [0.15, 0.2) is 56.6 Å². The molecule has 4 rings (SSSR count). The third-order valence-corrected chi connectivity index (χ3v) is 5.35. The highest BCUT2D eigenvalue weighted by atomic mass is 16.5.